The third kappa shape index (κ3) is 1.92. The van der Waals surface area contributed by atoms with Crippen LogP contribution in [0.2, 0.25) is 4.47 Å². The average Bonchev–Trinajstić information content (AvgIpc) is 2.51. The van der Waals surface area contributed by atoms with Crippen LogP contribution in [-0.4, -0.2) is 24.4 Å². The number of nitrogens with zero attached hydrogens (tertiary/aromatic N) is 2. The summed E-state index contributed by atoms with van der Waals surface area (Å²) in [6.45, 7) is 0. The van der Waals surface area contributed by atoms with Crippen LogP contribution in [0.3, 0.4) is 0 Å². The molecule has 2 rings (SSSR count). The summed E-state index contributed by atoms with van der Waals surface area (Å²) in [6.07, 6.45) is 2.33. The minimum Gasteiger partial charge on any atom is -0.228 e. The molecule has 0 radical (unpaired) electrons. The fourth-order valence-electron chi connectivity index (χ4n) is 1.58. The first kappa shape index (κ1) is 10.3. The molecule has 1 atom stereocenters. The van der Waals surface area contributed by atoms with Crippen LogP contribution in [0.25, 0.3) is 0 Å². The Balaban J connectivity index is 2.33. The lowest BCUT2D eigenvalue weighted by atomic mass is 10.2. The molecule has 78 valence electrons. The van der Waals surface area contributed by atoms with E-state index in [-0.39, 0.29) is 5.75 Å². The fraction of sp³-hybridized carbons (Fsp3) is 0.714. The van der Waals surface area contributed by atoms with Gasteiger partial charge in [-0.2, -0.15) is 0 Å². The number of hydrogen-bond donors (Lipinski definition) is 0. The highest BCUT2D eigenvalue weighted by molar-refractivity contribution is 7.91. The monoisotopic (exact) mass is 252 g/mol. The molecule has 14 heavy (non-hydrogen) atoms. The highest BCUT2D eigenvalue weighted by Gasteiger charge is 2.32. The summed E-state index contributed by atoms with van der Waals surface area (Å²) in [5, 5.41) is 7.49. The molecule has 0 amide bonds. The summed E-state index contributed by atoms with van der Waals surface area (Å²) in [7, 11) is -3.01. The van der Waals surface area contributed by atoms with E-state index < -0.39 is 15.1 Å². The van der Waals surface area contributed by atoms with Crippen LogP contribution in [0.15, 0.2) is 0 Å². The minimum atomic E-state index is -3.01. The van der Waals surface area contributed by atoms with Crippen molar-refractivity contribution in [3.8, 4) is 0 Å². The first-order valence-corrected chi connectivity index (χ1v) is 7.21. The summed E-state index contributed by atoms with van der Waals surface area (Å²) in [4.78, 5) is 0. The van der Waals surface area contributed by atoms with Crippen LogP contribution in [-0.2, 0) is 9.84 Å². The maximum absolute atomic E-state index is 11.7. The van der Waals surface area contributed by atoms with Gasteiger partial charge in [0.1, 0.15) is 10.3 Å². The van der Waals surface area contributed by atoms with Gasteiger partial charge in [-0.25, -0.2) is 8.42 Å². The predicted octanol–water partition coefficient (Wildman–Crippen LogP) is 1.83. The summed E-state index contributed by atoms with van der Waals surface area (Å²) in [6, 6.07) is 0. The summed E-state index contributed by atoms with van der Waals surface area (Å²) < 4.78 is 23.7. The molecule has 0 aromatic carbocycles. The standard InChI is InChI=1S/C7H9ClN2O2S2/c8-7-10-9-6(13-7)5-3-1-2-4-14(5,11)12/h5H,1-4H2. The number of rotatable bonds is 1. The summed E-state index contributed by atoms with van der Waals surface area (Å²) in [5.74, 6) is 0.259. The highest BCUT2D eigenvalue weighted by atomic mass is 35.5. The second-order valence-electron chi connectivity index (χ2n) is 3.24. The van der Waals surface area contributed by atoms with Gasteiger partial charge in [0, 0.05) is 0 Å². The van der Waals surface area contributed by atoms with E-state index in [0.29, 0.717) is 15.9 Å². The van der Waals surface area contributed by atoms with Crippen molar-refractivity contribution in [1.82, 2.24) is 10.2 Å². The van der Waals surface area contributed by atoms with Crippen molar-refractivity contribution in [3.63, 3.8) is 0 Å². The van der Waals surface area contributed by atoms with Gasteiger partial charge < -0.3 is 0 Å². The third-order valence-electron chi connectivity index (χ3n) is 2.27. The topological polar surface area (TPSA) is 59.9 Å². The zero-order chi connectivity index (χ0) is 10.2. The van der Waals surface area contributed by atoms with Crippen LogP contribution >= 0.6 is 22.9 Å². The molecular weight excluding hydrogens is 244 g/mol. The largest absolute Gasteiger partial charge is 0.228 e. The summed E-state index contributed by atoms with van der Waals surface area (Å²) >= 11 is 6.78. The molecule has 2 heterocycles. The normalized spacial score (nSPS) is 26.2. The molecule has 0 N–H and O–H groups in total. The van der Waals surface area contributed by atoms with Crippen molar-refractivity contribution in [1.29, 1.82) is 0 Å². The van der Waals surface area contributed by atoms with Crippen molar-refractivity contribution in [2.75, 3.05) is 5.75 Å². The maximum atomic E-state index is 11.7. The molecule has 1 fully saturated rings. The molecule has 1 aliphatic heterocycles. The smallest absolute Gasteiger partial charge is 0.207 e. The van der Waals surface area contributed by atoms with E-state index in [1.807, 2.05) is 0 Å². The molecule has 1 saturated heterocycles. The first-order chi connectivity index (χ1) is 6.59. The van der Waals surface area contributed by atoms with E-state index in [9.17, 15) is 8.42 Å². The van der Waals surface area contributed by atoms with E-state index in [4.69, 9.17) is 11.6 Å². The molecule has 0 aliphatic carbocycles. The van der Waals surface area contributed by atoms with E-state index in [1.165, 1.54) is 0 Å². The van der Waals surface area contributed by atoms with Crippen molar-refractivity contribution in [3.05, 3.63) is 9.47 Å². The van der Waals surface area contributed by atoms with Gasteiger partial charge in [0.15, 0.2) is 9.84 Å². The van der Waals surface area contributed by atoms with Gasteiger partial charge in [-0.15, -0.1) is 10.2 Å². The Hall–Kier alpha value is -0.200. The Bertz CT molecular complexity index is 429. The van der Waals surface area contributed by atoms with Gasteiger partial charge in [-0.3, -0.25) is 0 Å². The van der Waals surface area contributed by atoms with Crippen molar-refractivity contribution in [2.45, 2.75) is 24.5 Å². The van der Waals surface area contributed by atoms with Crippen LogP contribution < -0.4 is 0 Å². The average molecular weight is 253 g/mol. The summed E-state index contributed by atoms with van der Waals surface area (Å²) in [5.41, 5.74) is 0. The van der Waals surface area contributed by atoms with Crippen molar-refractivity contribution in [2.24, 2.45) is 0 Å². The van der Waals surface area contributed by atoms with E-state index >= 15 is 0 Å². The van der Waals surface area contributed by atoms with Crippen molar-refractivity contribution < 1.29 is 8.42 Å². The van der Waals surface area contributed by atoms with E-state index in [1.54, 1.807) is 0 Å². The Morgan fingerprint density at radius 1 is 1.36 bits per heavy atom. The van der Waals surface area contributed by atoms with E-state index in [2.05, 4.69) is 10.2 Å². The second-order valence-corrected chi connectivity index (χ2v) is 7.14. The van der Waals surface area contributed by atoms with Crippen LogP contribution in [0.5, 0.6) is 0 Å². The maximum Gasteiger partial charge on any atom is 0.207 e. The van der Waals surface area contributed by atoms with Gasteiger partial charge in [0.05, 0.1) is 5.75 Å². The number of sulfone groups is 1. The van der Waals surface area contributed by atoms with Crippen LogP contribution in [0.1, 0.15) is 29.5 Å². The van der Waals surface area contributed by atoms with Crippen molar-refractivity contribution >= 4 is 32.8 Å². The number of halogens is 1. The van der Waals surface area contributed by atoms with Gasteiger partial charge in [-0.1, -0.05) is 17.8 Å². The van der Waals surface area contributed by atoms with E-state index in [0.717, 1.165) is 24.2 Å². The van der Waals surface area contributed by atoms with Gasteiger partial charge in [0.2, 0.25) is 4.47 Å². The Labute approximate surface area is 91.2 Å². The zero-order valence-electron chi connectivity index (χ0n) is 7.31. The van der Waals surface area contributed by atoms with Gasteiger partial charge in [0.25, 0.3) is 0 Å². The minimum absolute atomic E-state index is 0.259. The molecule has 1 aromatic rings. The predicted molar refractivity (Wildman–Crippen MR) is 55.3 cm³/mol. The number of hydrogen-bond acceptors (Lipinski definition) is 5. The Morgan fingerprint density at radius 3 is 2.71 bits per heavy atom. The SMILES string of the molecule is O=S1(=O)CCCCC1c1nnc(Cl)s1. The molecule has 0 spiro atoms. The third-order valence-corrected chi connectivity index (χ3v) is 5.74. The van der Waals surface area contributed by atoms with Gasteiger partial charge in [-0.05, 0) is 24.4 Å². The molecule has 0 bridgehead atoms. The Kier molecular flexibility index (Phi) is 2.77. The lowest BCUT2D eigenvalue weighted by Gasteiger charge is -2.19. The fourth-order valence-corrected chi connectivity index (χ4v) is 4.79. The second kappa shape index (κ2) is 3.75. The molecule has 1 unspecified atom stereocenters. The number of aromatic nitrogens is 2. The van der Waals surface area contributed by atoms with Crippen LogP contribution in [0.4, 0.5) is 0 Å². The van der Waals surface area contributed by atoms with Crippen LogP contribution in [0, 0.1) is 0 Å². The lowest BCUT2D eigenvalue weighted by Crippen LogP contribution is -2.21. The molecular formula is C7H9ClN2O2S2. The molecule has 4 nitrogen and oxygen atoms in total. The molecule has 7 heteroatoms. The lowest BCUT2D eigenvalue weighted by molar-refractivity contribution is 0.544. The highest BCUT2D eigenvalue weighted by Crippen LogP contribution is 2.35. The zero-order valence-corrected chi connectivity index (χ0v) is 9.70. The van der Waals surface area contributed by atoms with Gasteiger partial charge >= 0.3 is 0 Å². The first-order valence-electron chi connectivity index (χ1n) is 4.30. The Morgan fingerprint density at radius 2 is 2.14 bits per heavy atom. The molecule has 1 aromatic heterocycles. The quantitative estimate of drug-likeness (QED) is 0.765. The molecule has 0 saturated carbocycles. The molecule has 1 aliphatic rings.